The number of alkyl carbamates (subject to hydrolysis) is 1. The third-order valence-electron chi connectivity index (χ3n) is 5.48. The Bertz CT molecular complexity index is 753. The van der Waals surface area contributed by atoms with Gasteiger partial charge in [0.05, 0.1) is 18.7 Å². The molecular formula is C21H28N2O5. The van der Waals surface area contributed by atoms with Crippen LogP contribution in [0, 0.1) is 0 Å². The van der Waals surface area contributed by atoms with Gasteiger partial charge in [0.15, 0.2) is 5.78 Å². The summed E-state index contributed by atoms with van der Waals surface area (Å²) >= 11 is 0. The highest BCUT2D eigenvalue weighted by molar-refractivity contribution is 5.97. The number of hydrogen-bond donors (Lipinski definition) is 2. The Labute approximate surface area is 165 Å². The van der Waals surface area contributed by atoms with Crippen molar-refractivity contribution >= 4 is 11.9 Å². The standard InChI is InChI=1S/C21H28N2O5/c1-3-5-17-18(7-6-16(15(2)24)19(17)25)27-13-4-10-23-11-8-21(9-12-23)14-22-20(26)28-21/h3,6-7,25H,1,4-5,8-14H2,2H3,(H,22,26). The maximum atomic E-state index is 11.6. The van der Waals surface area contributed by atoms with Gasteiger partial charge < -0.3 is 24.8 Å². The molecule has 0 atom stereocenters. The van der Waals surface area contributed by atoms with Gasteiger partial charge in [-0.15, -0.1) is 6.58 Å². The normalized spacial score (nSPS) is 18.5. The van der Waals surface area contributed by atoms with E-state index in [1.807, 2.05) is 0 Å². The molecule has 1 aromatic rings. The van der Waals surface area contributed by atoms with E-state index in [-0.39, 0.29) is 23.2 Å². The van der Waals surface area contributed by atoms with Gasteiger partial charge in [-0.2, -0.15) is 0 Å². The topological polar surface area (TPSA) is 88.1 Å². The highest BCUT2D eigenvalue weighted by Gasteiger charge is 2.42. The van der Waals surface area contributed by atoms with Crippen molar-refractivity contribution in [3.8, 4) is 11.5 Å². The second kappa shape index (κ2) is 8.65. The van der Waals surface area contributed by atoms with Gasteiger partial charge in [0.1, 0.15) is 17.1 Å². The lowest BCUT2D eigenvalue weighted by Crippen LogP contribution is -2.46. The van der Waals surface area contributed by atoms with E-state index in [4.69, 9.17) is 9.47 Å². The first-order chi connectivity index (χ1) is 13.4. The van der Waals surface area contributed by atoms with E-state index in [1.54, 1.807) is 18.2 Å². The van der Waals surface area contributed by atoms with Gasteiger partial charge in [0.2, 0.25) is 0 Å². The first kappa shape index (κ1) is 20.2. The number of allylic oxidation sites excluding steroid dienone is 1. The first-order valence-electron chi connectivity index (χ1n) is 9.73. The Hall–Kier alpha value is -2.54. The number of Topliss-reactive ketones (excluding diaryl/α,β-unsaturated/α-hetero) is 1. The predicted molar refractivity (Wildman–Crippen MR) is 105 cm³/mol. The van der Waals surface area contributed by atoms with Gasteiger partial charge in [0.25, 0.3) is 0 Å². The van der Waals surface area contributed by atoms with E-state index in [1.165, 1.54) is 6.92 Å². The molecule has 1 amide bonds. The second-order valence-electron chi connectivity index (χ2n) is 7.46. The number of phenols is 1. The Balaban J connectivity index is 1.48. The number of nitrogens with one attached hydrogen (secondary N) is 1. The molecule has 2 aliphatic rings. The molecule has 7 heteroatoms. The van der Waals surface area contributed by atoms with Crippen LogP contribution in [-0.4, -0.2) is 60.3 Å². The number of benzene rings is 1. The molecule has 2 aliphatic heterocycles. The molecule has 1 spiro atoms. The van der Waals surface area contributed by atoms with Crippen LogP contribution in [0.15, 0.2) is 24.8 Å². The SMILES string of the molecule is C=CCc1c(OCCCN2CCC3(CC2)CNC(=O)O3)ccc(C(C)=O)c1O. The number of piperidine rings is 1. The number of aromatic hydroxyl groups is 1. The molecule has 2 heterocycles. The van der Waals surface area contributed by atoms with Crippen LogP contribution in [0.4, 0.5) is 4.79 Å². The quantitative estimate of drug-likeness (QED) is 0.404. The number of phenolic OH excluding ortho intramolecular Hbond substituents is 1. The van der Waals surface area contributed by atoms with Crippen molar-refractivity contribution in [2.75, 3.05) is 32.8 Å². The largest absolute Gasteiger partial charge is 0.507 e. The lowest BCUT2D eigenvalue weighted by molar-refractivity contribution is 0.000139. The minimum absolute atomic E-state index is 0.0223. The highest BCUT2D eigenvalue weighted by atomic mass is 16.6. The molecule has 2 saturated heterocycles. The molecule has 1 aromatic carbocycles. The number of ketones is 1. The third-order valence-corrected chi connectivity index (χ3v) is 5.48. The molecule has 7 nitrogen and oxygen atoms in total. The zero-order valence-corrected chi connectivity index (χ0v) is 16.3. The first-order valence-corrected chi connectivity index (χ1v) is 9.73. The average Bonchev–Trinajstić information content (AvgIpc) is 3.03. The lowest BCUT2D eigenvalue weighted by atomic mass is 9.91. The Morgan fingerprint density at radius 3 is 2.79 bits per heavy atom. The molecule has 0 radical (unpaired) electrons. The number of ether oxygens (including phenoxy) is 2. The molecule has 28 heavy (non-hydrogen) atoms. The van der Waals surface area contributed by atoms with Crippen molar-refractivity contribution < 1.29 is 24.2 Å². The van der Waals surface area contributed by atoms with Gasteiger partial charge in [-0.1, -0.05) is 6.08 Å². The van der Waals surface area contributed by atoms with E-state index in [9.17, 15) is 14.7 Å². The monoisotopic (exact) mass is 388 g/mol. The summed E-state index contributed by atoms with van der Waals surface area (Å²) in [6.07, 6.45) is 4.33. The van der Waals surface area contributed by atoms with Gasteiger partial charge in [-0.05, 0) is 31.9 Å². The third kappa shape index (κ3) is 4.47. The fourth-order valence-electron chi connectivity index (χ4n) is 3.81. The molecule has 0 saturated carbocycles. The van der Waals surface area contributed by atoms with Gasteiger partial charge in [0, 0.05) is 38.0 Å². The average molecular weight is 388 g/mol. The minimum atomic E-state index is -0.320. The minimum Gasteiger partial charge on any atom is -0.507 e. The zero-order chi connectivity index (χ0) is 20.1. The van der Waals surface area contributed by atoms with Crippen LogP contribution < -0.4 is 10.1 Å². The van der Waals surface area contributed by atoms with Crippen molar-refractivity contribution in [1.29, 1.82) is 0 Å². The summed E-state index contributed by atoms with van der Waals surface area (Å²) in [5.41, 5.74) is 0.575. The van der Waals surface area contributed by atoms with E-state index >= 15 is 0 Å². The van der Waals surface area contributed by atoms with Crippen molar-refractivity contribution in [2.24, 2.45) is 0 Å². The molecule has 2 fully saturated rings. The van der Waals surface area contributed by atoms with Crippen molar-refractivity contribution in [1.82, 2.24) is 10.2 Å². The van der Waals surface area contributed by atoms with Gasteiger partial charge in [-0.25, -0.2) is 4.79 Å². The van der Waals surface area contributed by atoms with Crippen LogP contribution in [-0.2, 0) is 11.2 Å². The van der Waals surface area contributed by atoms with Crippen LogP contribution in [0.5, 0.6) is 11.5 Å². The Kier molecular flexibility index (Phi) is 6.24. The molecule has 2 N–H and O–H groups in total. The number of carbonyl (C=O) groups is 2. The summed E-state index contributed by atoms with van der Waals surface area (Å²) in [5, 5.41) is 13.1. The van der Waals surface area contributed by atoms with Gasteiger partial charge >= 0.3 is 6.09 Å². The molecule has 152 valence electrons. The highest BCUT2D eigenvalue weighted by Crippen LogP contribution is 2.33. The van der Waals surface area contributed by atoms with Crippen LogP contribution in [0.2, 0.25) is 0 Å². The van der Waals surface area contributed by atoms with Crippen LogP contribution >= 0.6 is 0 Å². The number of amides is 1. The van der Waals surface area contributed by atoms with E-state index < -0.39 is 0 Å². The molecule has 3 rings (SSSR count). The van der Waals surface area contributed by atoms with Crippen molar-refractivity contribution in [3.05, 3.63) is 35.9 Å². The fourth-order valence-corrected chi connectivity index (χ4v) is 3.81. The number of nitrogens with zero attached hydrogens (tertiary/aromatic N) is 1. The molecule has 0 aliphatic carbocycles. The Morgan fingerprint density at radius 1 is 1.43 bits per heavy atom. The summed E-state index contributed by atoms with van der Waals surface area (Å²) in [6, 6.07) is 3.34. The predicted octanol–water partition coefficient (Wildman–Crippen LogP) is 2.67. The second-order valence-corrected chi connectivity index (χ2v) is 7.46. The zero-order valence-electron chi connectivity index (χ0n) is 16.3. The van der Waals surface area contributed by atoms with Crippen molar-refractivity contribution in [2.45, 2.75) is 38.2 Å². The number of rotatable bonds is 8. The molecule has 0 bridgehead atoms. The van der Waals surface area contributed by atoms with Crippen LogP contribution in [0.25, 0.3) is 0 Å². The van der Waals surface area contributed by atoms with Gasteiger partial charge in [-0.3, -0.25) is 4.79 Å². The maximum absolute atomic E-state index is 11.6. The summed E-state index contributed by atoms with van der Waals surface area (Å²) in [6.45, 7) is 8.94. The molecule has 0 aromatic heterocycles. The molecular weight excluding hydrogens is 360 g/mol. The van der Waals surface area contributed by atoms with Crippen LogP contribution in [0.3, 0.4) is 0 Å². The summed E-state index contributed by atoms with van der Waals surface area (Å²) in [7, 11) is 0. The van der Waals surface area contributed by atoms with Crippen LogP contribution in [0.1, 0.15) is 42.1 Å². The van der Waals surface area contributed by atoms with E-state index in [2.05, 4.69) is 16.8 Å². The number of likely N-dealkylation sites (tertiary alicyclic amines) is 1. The molecule has 0 unspecified atom stereocenters. The summed E-state index contributed by atoms with van der Waals surface area (Å²) in [4.78, 5) is 25.3. The summed E-state index contributed by atoms with van der Waals surface area (Å²) < 4.78 is 11.3. The Morgan fingerprint density at radius 2 is 2.18 bits per heavy atom. The van der Waals surface area contributed by atoms with E-state index in [0.717, 1.165) is 38.9 Å². The number of carbonyl (C=O) groups excluding carboxylic acids is 2. The van der Waals surface area contributed by atoms with Crippen molar-refractivity contribution in [3.63, 3.8) is 0 Å². The maximum Gasteiger partial charge on any atom is 0.407 e. The lowest BCUT2D eigenvalue weighted by Gasteiger charge is -2.37. The summed E-state index contributed by atoms with van der Waals surface area (Å²) in [5.74, 6) is 0.385. The number of hydrogen-bond acceptors (Lipinski definition) is 6. The van der Waals surface area contributed by atoms with E-state index in [0.29, 0.717) is 36.4 Å². The smallest absolute Gasteiger partial charge is 0.407 e. The fraction of sp³-hybridized carbons (Fsp3) is 0.524.